The number of morpholine rings is 1. The van der Waals surface area contributed by atoms with Gasteiger partial charge in [-0.05, 0) is 30.2 Å². The number of aromatic amines is 1. The van der Waals surface area contributed by atoms with Crippen LogP contribution in [0.1, 0.15) is 6.42 Å². The second-order valence-electron chi connectivity index (χ2n) is 7.02. The van der Waals surface area contributed by atoms with Gasteiger partial charge in [0.1, 0.15) is 10.3 Å². The first-order valence-corrected chi connectivity index (χ1v) is 11.1. The van der Waals surface area contributed by atoms with E-state index in [4.69, 9.17) is 9.47 Å². The first kappa shape index (κ1) is 21.2. The van der Waals surface area contributed by atoms with E-state index in [0.717, 1.165) is 66.6 Å². The molecule has 8 nitrogen and oxygen atoms in total. The molecule has 0 bridgehead atoms. The Morgan fingerprint density at radius 2 is 2.03 bits per heavy atom. The van der Waals surface area contributed by atoms with Gasteiger partial charge in [0.25, 0.3) is 0 Å². The zero-order chi connectivity index (χ0) is 21.3. The van der Waals surface area contributed by atoms with Crippen LogP contribution in [0.5, 0.6) is 5.88 Å². The summed E-state index contributed by atoms with van der Waals surface area (Å²) in [5.74, 6) is 0.608. The highest BCUT2D eigenvalue weighted by Gasteiger charge is 2.09. The summed E-state index contributed by atoms with van der Waals surface area (Å²) < 4.78 is 11.3. The summed E-state index contributed by atoms with van der Waals surface area (Å²) in [6.45, 7) is 5.24. The van der Waals surface area contributed by atoms with Crippen molar-refractivity contribution in [1.82, 2.24) is 19.9 Å². The molecule has 3 heterocycles. The van der Waals surface area contributed by atoms with Crippen LogP contribution in [0, 0.1) is 0 Å². The summed E-state index contributed by atoms with van der Waals surface area (Å²) in [7, 11) is 0. The molecule has 4 rings (SSSR count). The Kier molecular flexibility index (Phi) is 7.43. The summed E-state index contributed by atoms with van der Waals surface area (Å²) in [5, 5.41) is 4.64. The van der Waals surface area contributed by atoms with Crippen LogP contribution in [-0.2, 0) is 9.53 Å². The zero-order valence-electron chi connectivity index (χ0n) is 17.1. The molecule has 1 amide bonds. The number of benzene rings is 1. The van der Waals surface area contributed by atoms with Crippen molar-refractivity contribution in [1.29, 1.82) is 0 Å². The minimum Gasteiger partial charge on any atom is -0.478 e. The summed E-state index contributed by atoms with van der Waals surface area (Å²) in [6, 6.07) is 11.3. The highest BCUT2D eigenvalue weighted by Crippen LogP contribution is 2.22. The van der Waals surface area contributed by atoms with Gasteiger partial charge in [0.2, 0.25) is 12.3 Å². The fraction of sp³-hybridized carbons (Fsp3) is 0.318. The molecule has 0 saturated carbocycles. The van der Waals surface area contributed by atoms with E-state index in [2.05, 4.69) is 25.2 Å². The van der Waals surface area contributed by atoms with Crippen LogP contribution in [0.15, 0.2) is 48.1 Å². The smallest absolute Gasteiger partial charge is 0.214 e. The van der Waals surface area contributed by atoms with E-state index in [1.165, 1.54) is 11.3 Å². The van der Waals surface area contributed by atoms with E-state index in [1.807, 2.05) is 41.8 Å². The molecule has 1 aliphatic heterocycles. The lowest BCUT2D eigenvalue weighted by atomic mass is 10.1. The van der Waals surface area contributed by atoms with Gasteiger partial charge in [-0.2, -0.15) is 0 Å². The Morgan fingerprint density at radius 1 is 1.19 bits per heavy atom. The molecule has 1 fully saturated rings. The van der Waals surface area contributed by atoms with Gasteiger partial charge in [-0.15, -0.1) is 11.3 Å². The predicted octanol–water partition coefficient (Wildman–Crippen LogP) is 3.48. The fourth-order valence-corrected chi connectivity index (χ4v) is 4.07. The number of ether oxygens (including phenoxy) is 2. The van der Waals surface area contributed by atoms with Gasteiger partial charge in [0, 0.05) is 36.8 Å². The Hall–Kier alpha value is -3.01. The van der Waals surface area contributed by atoms with Gasteiger partial charge < -0.3 is 19.8 Å². The number of hydrogen-bond donors (Lipinski definition) is 2. The summed E-state index contributed by atoms with van der Waals surface area (Å²) in [5.41, 5.74) is 3.41. The molecule has 0 radical (unpaired) electrons. The Labute approximate surface area is 184 Å². The molecule has 2 aromatic heterocycles. The lowest BCUT2D eigenvalue weighted by Crippen LogP contribution is -2.37. The lowest BCUT2D eigenvalue weighted by molar-refractivity contribution is -0.105. The maximum atomic E-state index is 10.6. The van der Waals surface area contributed by atoms with Crippen molar-refractivity contribution in [3.63, 3.8) is 0 Å². The number of aromatic nitrogens is 3. The number of carbonyl (C=O) groups is 1. The van der Waals surface area contributed by atoms with Gasteiger partial charge >= 0.3 is 0 Å². The highest BCUT2D eigenvalue weighted by atomic mass is 32.1. The average molecular weight is 440 g/mol. The topological polar surface area (TPSA) is 92.4 Å². The van der Waals surface area contributed by atoms with Crippen molar-refractivity contribution in [2.45, 2.75) is 6.42 Å². The van der Waals surface area contributed by atoms with Gasteiger partial charge in [-0.3, -0.25) is 9.69 Å². The molecule has 0 aliphatic carbocycles. The number of nitrogens with one attached hydrogen (secondary N) is 2. The Bertz CT molecular complexity index is 1040. The Morgan fingerprint density at radius 3 is 2.84 bits per heavy atom. The second kappa shape index (κ2) is 10.9. The highest BCUT2D eigenvalue weighted by molar-refractivity contribution is 7.16. The van der Waals surface area contributed by atoms with Crippen LogP contribution in [0.25, 0.3) is 21.6 Å². The molecule has 2 N–H and O–H groups in total. The number of rotatable bonds is 8. The maximum absolute atomic E-state index is 10.6. The summed E-state index contributed by atoms with van der Waals surface area (Å²) in [6.07, 6.45) is 3.27. The maximum Gasteiger partial charge on any atom is 0.214 e. The van der Waals surface area contributed by atoms with Crippen LogP contribution in [0.3, 0.4) is 0 Å². The molecule has 1 aromatic carbocycles. The monoisotopic (exact) mass is 439 g/mol. The van der Waals surface area contributed by atoms with E-state index in [9.17, 15) is 4.79 Å². The summed E-state index contributed by atoms with van der Waals surface area (Å²) >= 11 is 1.49. The van der Waals surface area contributed by atoms with Gasteiger partial charge in [0.15, 0.2) is 0 Å². The van der Waals surface area contributed by atoms with E-state index in [0.29, 0.717) is 18.9 Å². The second-order valence-corrected chi connectivity index (χ2v) is 7.88. The lowest BCUT2D eigenvalue weighted by Gasteiger charge is -2.26. The molecule has 0 unspecified atom stereocenters. The van der Waals surface area contributed by atoms with Crippen molar-refractivity contribution >= 4 is 33.8 Å². The molecule has 0 atom stereocenters. The molecule has 162 valence electrons. The number of anilines is 1. The van der Waals surface area contributed by atoms with E-state index >= 15 is 0 Å². The van der Waals surface area contributed by atoms with Crippen molar-refractivity contribution in [2.75, 3.05) is 44.8 Å². The number of pyridine rings is 1. The number of hydrogen-bond acceptors (Lipinski definition) is 7. The van der Waals surface area contributed by atoms with Crippen molar-refractivity contribution < 1.29 is 14.3 Å². The molecule has 9 heteroatoms. The number of fused-ring (bicyclic) bond motifs is 1. The van der Waals surface area contributed by atoms with Crippen LogP contribution in [0.2, 0.25) is 0 Å². The fourth-order valence-electron chi connectivity index (χ4n) is 3.26. The third kappa shape index (κ3) is 6.00. The quantitative estimate of drug-likeness (QED) is 0.412. The molecule has 3 aromatic rings. The van der Waals surface area contributed by atoms with Gasteiger partial charge in [0.05, 0.1) is 31.8 Å². The molecular formula is C22H25N5O3S. The van der Waals surface area contributed by atoms with E-state index in [-0.39, 0.29) is 0 Å². The van der Waals surface area contributed by atoms with Crippen molar-refractivity contribution in [3.8, 4) is 17.1 Å². The molecule has 1 saturated heterocycles. The Balaban J connectivity index is 1.44. The van der Waals surface area contributed by atoms with Crippen LogP contribution >= 0.6 is 11.3 Å². The van der Waals surface area contributed by atoms with Crippen LogP contribution < -0.4 is 10.1 Å². The minimum atomic E-state index is 0.608. The predicted molar refractivity (Wildman–Crippen MR) is 122 cm³/mol. The third-order valence-corrected chi connectivity index (χ3v) is 5.80. The number of amides is 1. The molecule has 1 aliphatic rings. The van der Waals surface area contributed by atoms with Crippen LogP contribution in [0.4, 0.5) is 5.69 Å². The minimum absolute atomic E-state index is 0.608. The zero-order valence-corrected chi connectivity index (χ0v) is 17.9. The number of nitrogens with zero attached hydrogens (tertiary/aromatic N) is 3. The first-order chi connectivity index (χ1) is 15.3. The number of H-pyrrole nitrogens is 1. The van der Waals surface area contributed by atoms with Crippen LogP contribution in [-0.4, -0.2) is 65.7 Å². The normalized spacial score (nSPS) is 14.2. The largest absolute Gasteiger partial charge is 0.478 e. The third-order valence-electron chi connectivity index (χ3n) is 4.92. The first-order valence-electron chi connectivity index (χ1n) is 10.2. The van der Waals surface area contributed by atoms with E-state index < -0.39 is 0 Å². The standard InChI is InChI=1S/C22H25N5O3S/c28-16-25-18-4-2-17(3-5-18)20-14-31-22-19(23-15-24-20)6-7-21(26-22)30-11-1-8-27-9-12-29-13-10-27/h2-7,14-16H,1,8-13H2,(H,23,24)(H,25,28). The van der Waals surface area contributed by atoms with E-state index in [1.54, 1.807) is 6.33 Å². The molecule has 0 spiro atoms. The van der Waals surface area contributed by atoms with Crippen molar-refractivity contribution in [3.05, 3.63) is 48.1 Å². The SMILES string of the molecule is O=CNc1ccc(-c2csc3nc(OCCCN4CCOCC4)ccc3nc[nH]2)cc1. The molecular weight excluding hydrogens is 414 g/mol. The molecule has 31 heavy (non-hydrogen) atoms. The van der Waals surface area contributed by atoms with Gasteiger partial charge in [-0.1, -0.05) is 12.1 Å². The van der Waals surface area contributed by atoms with Gasteiger partial charge in [-0.25, -0.2) is 9.97 Å². The summed E-state index contributed by atoms with van der Waals surface area (Å²) in [4.78, 5) is 26.1. The van der Waals surface area contributed by atoms with Crippen molar-refractivity contribution in [2.24, 2.45) is 0 Å². The average Bonchev–Trinajstić information content (AvgIpc) is 2.79. The number of carbonyl (C=O) groups excluding carboxylic acids is 1.